The molecule has 3 rings (SSSR count). The monoisotopic (exact) mass is 339 g/mol. The summed E-state index contributed by atoms with van der Waals surface area (Å²) in [6, 6.07) is 14.7. The van der Waals surface area contributed by atoms with E-state index in [1.165, 1.54) is 0 Å². The summed E-state index contributed by atoms with van der Waals surface area (Å²) in [6.45, 7) is 2.66. The van der Waals surface area contributed by atoms with Gasteiger partial charge in [-0.15, -0.1) is 0 Å². The maximum absolute atomic E-state index is 12.5. The van der Waals surface area contributed by atoms with Gasteiger partial charge in [-0.2, -0.15) is 0 Å². The highest BCUT2D eigenvalue weighted by Crippen LogP contribution is 2.27. The Labute approximate surface area is 147 Å². The Morgan fingerprint density at radius 3 is 2.68 bits per heavy atom. The molecule has 1 amide bonds. The minimum atomic E-state index is -0.553. The Hall–Kier alpha value is -2.82. The van der Waals surface area contributed by atoms with Gasteiger partial charge >= 0.3 is 5.97 Å². The highest BCUT2D eigenvalue weighted by atomic mass is 16.5. The summed E-state index contributed by atoms with van der Waals surface area (Å²) in [4.78, 5) is 26.5. The van der Waals surface area contributed by atoms with Gasteiger partial charge in [0.2, 0.25) is 0 Å². The maximum atomic E-state index is 12.5. The average molecular weight is 339 g/mol. The Kier molecular flexibility index (Phi) is 5.33. The van der Waals surface area contributed by atoms with E-state index in [2.05, 4.69) is 0 Å². The largest absolute Gasteiger partial charge is 0.493 e. The zero-order valence-corrected chi connectivity index (χ0v) is 14.2. The van der Waals surface area contributed by atoms with E-state index in [9.17, 15) is 9.59 Å². The van der Waals surface area contributed by atoms with E-state index in [0.29, 0.717) is 24.5 Å². The van der Waals surface area contributed by atoms with E-state index in [-0.39, 0.29) is 12.5 Å². The summed E-state index contributed by atoms with van der Waals surface area (Å²) in [7, 11) is 0. The van der Waals surface area contributed by atoms with Crippen LogP contribution in [0.4, 0.5) is 5.69 Å². The smallest absolute Gasteiger partial charge is 0.342 e. The van der Waals surface area contributed by atoms with Gasteiger partial charge in [-0.25, -0.2) is 4.79 Å². The van der Waals surface area contributed by atoms with Crippen molar-refractivity contribution >= 4 is 17.6 Å². The van der Waals surface area contributed by atoms with Crippen LogP contribution in [-0.2, 0) is 16.0 Å². The molecule has 0 N–H and O–H groups in total. The summed E-state index contributed by atoms with van der Waals surface area (Å²) in [5.41, 5.74) is 2.39. The third kappa shape index (κ3) is 3.82. The first-order valence-electron chi connectivity index (χ1n) is 8.48. The lowest BCUT2D eigenvalue weighted by Gasteiger charge is -2.29. The zero-order chi connectivity index (χ0) is 17.6. The lowest BCUT2D eigenvalue weighted by Crippen LogP contribution is -2.38. The van der Waals surface area contributed by atoms with Crippen LogP contribution in [0.5, 0.6) is 5.75 Å². The van der Waals surface area contributed by atoms with Crippen molar-refractivity contribution in [1.29, 1.82) is 0 Å². The number of nitrogens with zero attached hydrogens (tertiary/aromatic N) is 1. The predicted molar refractivity (Wildman–Crippen MR) is 95.0 cm³/mol. The van der Waals surface area contributed by atoms with Crippen LogP contribution >= 0.6 is 0 Å². The van der Waals surface area contributed by atoms with Crippen LogP contribution in [0.25, 0.3) is 0 Å². The Bertz CT molecular complexity index is 772. The number of carbonyl (C=O) groups excluding carboxylic acids is 2. The first-order valence-corrected chi connectivity index (χ1v) is 8.48. The molecule has 0 saturated heterocycles. The number of para-hydroxylation sites is 2. The molecule has 0 aliphatic carbocycles. The lowest BCUT2D eigenvalue weighted by atomic mass is 10.0. The minimum absolute atomic E-state index is 0.214. The maximum Gasteiger partial charge on any atom is 0.342 e. The van der Waals surface area contributed by atoms with Crippen LogP contribution < -0.4 is 9.64 Å². The zero-order valence-electron chi connectivity index (χ0n) is 14.2. The van der Waals surface area contributed by atoms with Crippen molar-refractivity contribution in [3.05, 3.63) is 59.7 Å². The van der Waals surface area contributed by atoms with Gasteiger partial charge < -0.3 is 14.4 Å². The predicted octanol–water partition coefficient (Wildman–Crippen LogP) is 3.22. The van der Waals surface area contributed by atoms with Crippen molar-refractivity contribution in [2.24, 2.45) is 0 Å². The minimum Gasteiger partial charge on any atom is -0.493 e. The first-order chi connectivity index (χ1) is 12.2. The Morgan fingerprint density at radius 2 is 1.84 bits per heavy atom. The van der Waals surface area contributed by atoms with Crippen molar-refractivity contribution < 1.29 is 19.1 Å². The SMILES string of the molecule is CCOc1ccccc1C(=O)OCC(=O)N1CCCc2ccccc21. The summed E-state index contributed by atoms with van der Waals surface area (Å²) >= 11 is 0. The van der Waals surface area contributed by atoms with Crippen LogP contribution in [-0.4, -0.2) is 31.6 Å². The highest BCUT2D eigenvalue weighted by Gasteiger charge is 2.23. The summed E-state index contributed by atoms with van der Waals surface area (Å²) in [6.07, 6.45) is 1.87. The van der Waals surface area contributed by atoms with Crippen LogP contribution in [0, 0.1) is 0 Å². The molecule has 0 radical (unpaired) electrons. The molecule has 2 aromatic rings. The van der Waals surface area contributed by atoms with Crippen LogP contribution in [0.3, 0.4) is 0 Å². The molecule has 0 spiro atoms. The van der Waals surface area contributed by atoms with Crippen LogP contribution in [0.1, 0.15) is 29.3 Å². The molecular formula is C20H21NO4. The molecule has 2 aromatic carbocycles. The van der Waals surface area contributed by atoms with Crippen molar-refractivity contribution in [2.45, 2.75) is 19.8 Å². The Morgan fingerprint density at radius 1 is 1.08 bits per heavy atom. The summed E-state index contributed by atoms with van der Waals surface area (Å²) < 4.78 is 10.7. The molecule has 1 aliphatic heterocycles. The molecule has 0 atom stereocenters. The fourth-order valence-electron chi connectivity index (χ4n) is 2.99. The first kappa shape index (κ1) is 17.0. The van der Waals surface area contributed by atoms with Crippen LogP contribution in [0.15, 0.2) is 48.5 Å². The number of rotatable bonds is 5. The number of fused-ring (bicyclic) bond motifs is 1. The normalized spacial score (nSPS) is 13.1. The van der Waals surface area contributed by atoms with E-state index in [1.807, 2.05) is 31.2 Å². The van der Waals surface area contributed by atoms with Gasteiger partial charge in [0.05, 0.1) is 6.61 Å². The van der Waals surface area contributed by atoms with Crippen molar-refractivity contribution in [3.63, 3.8) is 0 Å². The van der Waals surface area contributed by atoms with E-state index >= 15 is 0 Å². The third-order valence-corrected chi connectivity index (χ3v) is 4.14. The highest BCUT2D eigenvalue weighted by molar-refractivity contribution is 5.98. The molecule has 130 valence electrons. The van der Waals surface area contributed by atoms with Crippen molar-refractivity contribution in [3.8, 4) is 5.75 Å². The number of esters is 1. The molecule has 0 fully saturated rings. The molecular weight excluding hydrogens is 318 g/mol. The van der Waals surface area contributed by atoms with Gasteiger partial charge in [-0.1, -0.05) is 30.3 Å². The van der Waals surface area contributed by atoms with Crippen LogP contribution in [0.2, 0.25) is 0 Å². The molecule has 0 unspecified atom stereocenters. The van der Waals surface area contributed by atoms with E-state index in [1.54, 1.807) is 29.2 Å². The van der Waals surface area contributed by atoms with E-state index in [4.69, 9.17) is 9.47 Å². The van der Waals surface area contributed by atoms with Crippen molar-refractivity contribution in [2.75, 3.05) is 24.7 Å². The molecule has 1 heterocycles. The third-order valence-electron chi connectivity index (χ3n) is 4.14. The molecule has 0 aromatic heterocycles. The second-order valence-electron chi connectivity index (χ2n) is 5.78. The average Bonchev–Trinajstić information content (AvgIpc) is 2.66. The standard InChI is InChI=1S/C20H21NO4/c1-2-24-18-12-6-4-10-16(18)20(23)25-14-19(22)21-13-7-9-15-8-3-5-11-17(15)21/h3-6,8,10-12H,2,7,9,13-14H2,1H3. The van der Waals surface area contributed by atoms with E-state index < -0.39 is 5.97 Å². The number of carbonyl (C=O) groups is 2. The number of aryl methyl sites for hydroxylation is 1. The van der Waals surface area contributed by atoms with Gasteiger partial charge in [0, 0.05) is 12.2 Å². The second kappa shape index (κ2) is 7.83. The molecule has 5 heteroatoms. The second-order valence-corrected chi connectivity index (χ2v) is 5.78. The topological polar surface area (TPSA) is 55.8 Å². The number of hydrogen-bond donors (Lipinski definition) is 0. The number of anilines is 1. The lowest BCUT2D eigenvalue weighted by molar-refractivity contribution is -0.121. The van der Waals surface area contributed by atoms with Crippen molar-refractivity contribution in [1.82, 2.24) is 0 Å². The molecule has 25 heavy (non-hydrogen) atoms. The molecule has 0 bridgehead atoms. The fourth-order valence-corrected chi connectivity index (χ4v) is 2.99. The summed E-state index contributed by atoms with van der Waals surface area (Å²) in [5.74, 6) is -0.303. The number of benzene rings is 2. The summed E-state index contributed by atoms with van der Waals surface area (Å²) in [5, 5.41) is 0. The van der Waals surface area contributed by atoms with Gasteiger partial charge in [0.15, 0.2) is 6.61 Å². The van der Waals surface area contributed by atoms with Gasteiger partial charge in [-0.05, 0) is 43.5 Å². The quantitative estimate of drug-likeness (QED) is 0.785. The van der Waals surface area contributed by atoms with E-state index in [0.717, 1.165) is 24.1 Å². The number of ether oxygens (including phenoxy) is 2. The van der Waals surface area contributed by atoms with Gasteiger partial charge in [0.25, 0.3) is 5.91 Å². The number of amides is 1. The molecule has 0 saturated carbocycles. The Balaban J connectivity index is 1.66. The number of hydrogen-bond acceptors (Lipinski definition) is 4. The molecule has 1 aliphatic rings. The van der Waals surface area contributed by atoms with Gasteiger partial charge in [0.1, 0.15) is 11.3 Å². The van der Waals surface area contributed by atoms with Gasteiger partial charge in [-0.3, -0.25) is 4.79 Å². The molecule has 5 nitrogen and oxygen atoms in total. The fraction of sp³-hybridized carbons (Fsp3) is 0.300.